The Hall–Kier alpha value is -8.21. The van der Waals surface area contributed by atoms with Crippen LogP contribution in [0.1, 0.15) is 69.2 Å². The third-order valence-corrected chi connectivity index (χ3v) is 17.8. The van der Waals surface area contributed by atoms with Gasteiger partial charge in [0.05, 0.1) is 11.4 Å². The second kappa shape index (κ2) is 46.9. The Balaban J connectivity index is 2.43. The van der Waals surface area contributed by atoms with Crippen LogP contribution >= 0.6 is 59.7 Å². The first-order chi connectivity index (χ1) is 46.6. The first-order valence-electron chi connectivity index (χ1n) is 30.3. The van der Waals surface area contributed by atoms with Gasteiger partial charge >= 0.3 is 47.8 Å². The lowest BCUT2D eigenvalue weighted by molar-refractivity contribution is -0.144. The highest BCUT2D eigenvalue weighted by Crippen LogP contribution is 2.18. The molecule has 0 saturated heterocycles. The van der Waals surface area contributed by atoms with Gasteiger partial charge in [0.15, 0.2) is 0 Å². The summed E-state index contributed by atoms with van der Waals surface area (Å²) in [5.41, 5.74) is 17.3. The molecule has 23 N–H and O–H groups in total. The summed E-state index contributed by atoms with van der Waals surface area (Å²) >= 11 is 13.2. The number of nitrogens with zero attached hydrogens (tertiary/aromatic N) is 4. The molecule has 0 saturated carbocycles. The highest BCUT2D eigenvalue weighted by atomic mass is 32.2. The lowest BCUT2D eigenvalue weighted by atomic mass is 10.1. The summed E-state index contributed by atoms with van der Waals surface area (Å²) in [6.45, 7) is -2.14. The molecule has 1 aliphatic heterocycles. The van der Waals surface area contributed by atoms with Crippen LogP contribution in [0.5, 0.6) is 0 Å². The van der Waals surface area contributed by atoms with Gasteiger partial charge in [-0.15, -0.1) is 0 Å². The SMILES string of the molecule is N[C@@H](CCC(=O)N[C@@H](CSC(=O)NCCCN1CCN(C(CCNC(=S)SC[C@H](NC(=O)CC[C@H](N)C(=O)O)C(=O)NCC(=O)O)C(=O)O)Cc2cccc(n2)CN(C(CCNC(=S)SC[C@H](NC(=O)CC[C@H](N)C(=O)O)C(=O)NCC(=O)O)C(=O)O)CC1)C(=O)NCC(=O)O)C(=O)O. The first kappa shape index (κ1) is 86.9. The van der Waals surface area contributed by atoms with Crippen LogP contribution in [-0.4, -0.2) is 295 Å². The van der Waals surface area contributed by atoms with Crippen LogP contribution in [0.3, 0.4) is 0 Å². The van der Waals surface area contributed by atoms with E-state index in [0.29, 0.717) is 23.1 Å². The van der Waals surface area contributed by atoms with E-state index in [9.17, 15) is 82.1 Å². The quantitative estimate of drug-likeness (QED) is 0.0214. The van der Waals surface area contributed by atoms with Crippen molar-refractivity contribution in [2.45, 2.75) is 119 Å². The van der Waals surface area contributed by atoms with Gasteiger partial charge in [-0.2, -0.15) is 0 Å². The molecule has 2 unspecified atom stereocenters. The summed E-state index contributed by atoms with van der Waals surface area (Å²) in [6.07, 6.45) is -2.03. The maximum atomic E-state index is 13.2. The summed E-state index contributed by atoms with van der Waals surface area (Å²) in [5, 5.41) is 97.7. The number of aliphatic carboxylic acids is 8. The lowest BCUT2D eigenvalue weighted by Crippen LogP contribution is -2.50. The van der Waals surface area contributed by atoms with E-state index in [2.05, 4.69) is 47.9 Å². The van der Waals surface area contributed by atoms with Crippen LogP contribution in [0.15, 0.2) is 18.2 Å². The van der Waals surface area contributed by atoms with E-state index in [1.165, 1.54) is 0 Å². The van der Waals surface area contributed by atoms with Crippen molar-refractivity contribution in [3.63, 3.8) is 0 Å². The number of thioether (sulfide) groups is 3. The van der Waals surface area contributed by atoms with Gasteiger partial charge in [-0.05, 0) is 57.2 Å². The van der Waals surface area contributed by atoms with Gasteiger partial charge in [-0.1, -0.05) is 65.8 Å². The van der Waals surface area contributed by atoms with Crippen LogP contribution in [0.2, 0.25) is 0 Å². The largest absolute Gasteiger partial charge is 0.480 e. The number of hydrogen-bond donors (Lipinski definition) is 20. The minimum atomic E-state index is -1.45. The highest BCUT2D eigenvalue weighted by molar-refractivity contribution is 8.23. The molecule has 0 aliphatic carbocycles. The zero-order valence-electron chi connectivity index (χ0n) is 53.3. The number of carbonyl (C=O) groups excluding carboxylic acids is 7. The Bertz CT molecular complexity index is 2880. The molecule has 2 bridgehead atoms. The normalized spacial score (nSPS) is 15.2. The van der Waals surface area contributed by atoms with Gasteiger partial charge in [-0.25, -0.2) is 0 Å². The maximum absolute atomic E-state index is 13.2. The van der Waals surface area contributed by atoms with E-state index in [1.54, 1.807) is 28.0 Å². The van der Waals surface area contributed by atoms with Crippen molar-refractivity contribution in [3.8, 4) is 0 Å². The number of nitrogens with one attached hydrogen (secondary N) is 9. The Labute approximate surface area is 589 Å². The molecule has 99 heavy (non-hydrogen) atoms. The van der Waals surface area contributed by atoms with Gasteiger partial charge in [0.2, 0.25) is 35.4 Å². The third kappa shape index (κ3) is 37.5. The molecule has 0 fully saturated rings. The number of thiocarbonyl (C=S) groups is 2. The minimum Gasteiger partial charge on any atom is -0.480 e. The molecule has 7 amide bonds. The number of nitrogens with two attached hydrogens (primary N) is 3. The van der Waals surface area contributed by atoms with Crippen LogP contribution in [-0.2, 0) is 80.2 Å². The predicted octanol–water partition coefficient (Wildman–Crippen LogP) is -5.63. The number of aromatic nitrogens is 1. The molecular formula is C55H84N16O23S5. The van der Waals surface area contributed by atoms with E-state index < -0.39 is 169 Å². The molecular weight excluding hydrogens is 1410 g/mol. The Kier molecular flexibility index (Phi) is 41.2. The van der Waals surface area contributed by atoms with Gasteiger partial charge in [0.25, 0.3) is 5.24 Å². The molecule has 39 nitrogen and oxygen atoms in total. The van der Waals surface area contributed by atoms with Crippen molar-refractivity contribution in [3.05, 3.63) is 29.6 Å². The molecule has 2 rings (SSSR count). The van der Waals surface area contributed by atoms with Gasteiger partial charge in [0.1, 0.15) is 76.6 Å². The summed E-state index contributed by atoms with van der Waals surface area (Å²) in [7, 11) is 0. The summed E-state index contributed by atoms with van der Waals surface area (Å²) < 4.78 is 0.102. The molecule has 44 heteroatoms. The van der Waals surface area contributed by atoms with Crippen molar-refractivity contribution in [2.75, 3.05) is 89.3 Å². The number of rotatable bonds is 44. The van der Waals surface area contributed by atoms with Crippen LogP contribution < -0.4 is 65.1 Å². The molecule has 8 atom stereocenters. The fourth-order valence-corrected chi connectivity index (χ4v) is 11.7. The second-order valence-electron chi connectivity index (χ2n) is 21.8. The number of amides is 7. The summed E-state index contributed by atoms with van der Waals surface area (Å²) in [6, 6.07) is -5.83. The topological polar surface area (TPSA) is 627 Å². The fourth-order valence-electron chi connectivity index (χ4n) is 8.79. The van der Waals surface area contributed by atoms with Crippen LogP contribution in [0.25, 0.3) is 0 Å². The fraction of sp³-hybridized carbons (Fsp3) is 0.600. The molecule has 0 aromatic carbocycles. The number of carboxylic acids is 8. The molecule has 1 aromatic heterocycles. The average molecular weight is 1500 g/mol. The standard InChI is InChI=1S/C55H84N16O23S5/c56-31(48(84)85)5-8-39(72)66-34(45(81)62-21-42(75)76)26-97-53(94)59-13-2-16-69-17-19-70(37(51(90)91)11-14-60-54(95)98-27-35(46(82)63-22-43(77)78)67-40(73)9-6-32(57)49(86)87)24-29-3-1-4-30(65-29)25-71(20-18-69)38(52(92)93)12-15-61-55(96)99-28-36(47(83)64-23-44(79)80)68-41(74)10-7-33(58)50(88)89/h1,3-4,31-38H,2,5-28,56-58H2,(H,59,94)(H,60,95)(H,61,96)(H,62,81)(H,63,82)(H,64,83)(H,66,72)(H,67,73)(H,68,74)(H,75,76)(H,77,78)(H,79,80)(H,84,85)(H,86,87)(H,88,89)(H,90,91)(H,92,93)/t31-,32-,33-,34-,35-,36-,37?,38?/m0/s1. The average Bonchev–Trinajstić information content (AvgIpc) is 0.865. The number of hydrogen-bond acceptors (Lipinski definition) is 27. The van der Waals surface area contributed by atoms with Crippen molar-refractivity contribution < 1.29 is 113 Å². The summed E-state index contributed by atoms with van der Waals surface area (Å²) in [4.78, 5) is 194. The number of carboxylic acid groups (broad SMARTS) is 8. The molecule has 552 valence electrons. The third-order valence-electron chi connectivity index (χ3n) is 14.1. The van der Waals surface area contributed by atoms with Crippen molar-refractivity contribution in [1.29, 1.82) is 0 Å². The van der Waals surface area contributed by atoms with Crippen molar-refractivity contribution in [1.82, 2.24) is 67.5 Å². The van der Waals surface area contributed by atoms with Crippen LogP contribution in [0, 0.1) is 0 Å². The number of fused-ring (bicyclic) bond motifs is 2. The van der Waals surface area contributed by atoms with E-state index in [0.717, 1.165) is 23.5 Å². The van der Waals surface area contributed by atoms with E-state index in [-0.39, 0.29) is 137 Å². The summed E-state index contributed by atoms with van der Waals surface area (Å²) in [5.74, 6) is -16.7. The molecule has 0 radical (unpaired) electrons. The van der Waals surface area contributed by atoms with Gasteiger partial charge < -0.3 is 111 Å². The minimum absolute atomic E-state index is 0.00844. The van der Waals surface area contributed by atoms with Gasteiger partial charge in [-0.3, -0.25) is 86.7 Å². The van der Waals surface area contributed by atoms with E-state index in [1.807, 2.05) is 4.90 Å². The smallest absolute Gasteiger partial charge is 0.322 e. The number of carbonyl (C=O) groups is 15. The second-order valence-corrected chi connectivity index (χ2v) is 26.1. The predicted molar refractivity (Wildman–Crippen MR) is 362 cm³/mol. The zero-order valence-corrected chi connectivity index (χ0v) is 57.4. The van der Waals surface area contributed by atoms with Crippen molar-refractivity contribution >= 4 is 157 Å². The highest BCUT2D eigenvalue weighted by Gasteiger charge is 2.32. The van der Waals surface area contributed by atoms with E-state index in [4.69, 9.17) is 77.3 Å². The van der Waals surface area contributed by atoms with Gasteiger partial charge in [0, 0.05) is 95.4 Å². The van der Waals surface area contributed by atoms with Crippen LogP contribution in [0.4, 0.5) is 4.79 Å². The molecule has 1 aliphatic rings. The molecule has 0 spiro atoms. The zero-order chi connectivity index (χ0) is 74.3. The Morgan fingerprint density at radius 3 is 1.12 bits per heavy atom. The Morgan fingerprint density at radius 2 is 0.798 bits per heavy atom. The molecule has 1 aromatic rings. The first-order valence-corrected chi connectivity index (χ1v) is 34.1. The lowest BCUT2D eigenvalue weighted by Gasteiger charge is -2.35. The Morgan fingerprint density at radius 1 is 0.455 bits per heavy atom. The monoisotopic (exact) mass is 1500 g/mol. The molecule has 2 heterocycles. The van der Waals surface area contributed by atoms with E-state index >= 15 is 0 Å². The van der Waals surface area contributed by atoms with Crippen molar-refractivity contribution in [2.24, 2.45) is 17.2 Å². The number of pyridine rings is 1. The maximum Gasteiger partial charge on any atom is 0.322 e.